The van der Waals surface area contributed by atoms with E-state index in [2.05, 4.69) is 26.3 Å². The first-order valence-electron chi connectivity index (χ1n) is 7.99. The van der Waals surface area contributed by atoms with Crippen molar-refractivity contribution in [3.8, 4) is 28.9 Å². The zero-order valence-electron chi connectivity index (χ0n) is 14.1. The lowest BCUT2D eigenvalue weighted by Crippen LogP contribution is -2.10. The van der Waals surface area contributed by atoms with E-state index < -0.39 is 5.91 Å². The molecule has 0 radical (unpaired) electrons. The summed E-state index contributed by atoms with van der Waals surface area (Å²) in [6, 6.07) is 12.9. The Bertz CT molecular complexity index is 1180. The van der Waals surface area contributed by atoms with Gasteiger partial charge in [-0.25, -0.2) is 14.4 Å². The topological polar surface area (TPSA) is 105 Å². The van der Waals surface area contributed by atoms with Crippen molar-refractivity contribution in [1.29, 1.82) is 5.26 Å². The van der Waals surface area contributed by atoms with Gasteiger partial charge in [-0.2, -0.15) is 5.26 Å². The molecule has 136 valence electrons. The van der Waals surface area contributed by atoms with Crippen LogP contribution in [-0.2, 0) is 0 Å². The second kappa shape index (κ2) is 7.38. The average Bonchev–Trinajstić information content (AvgIpc) is 3.36. The Morgan fingerprint density at radius 2 is 2.00 bits per heavy atom. The molecule has 0 saturated carbocycles. The fourth-order valence-electron chi connectivity index (χ4n) is 2.39. The maximum atomic E-state index is 13.0. The third-order valence-corrected chi connectivity index (χ3v) is 4.55. The van der Waals surface area contributed by atoms with E-state index in [1.165, 1.54) is 30.5 Å². The first-order chi connectivity index (χ1) is 13.6. The van der Waals surface area contributed by atoms with Gasteiger partial charge in [0, 0.05) is 11.8 Å². The molecule has 28 heavy (non-hydrogen) atoms. The first-order valence-corrected chi connectivity index (χ1v) is 8.81. The fourth-order valence-corrected chi connectivity index (χ4v) is 3.16. The number of carbonyl (C=O) groups is 1. The predicted octanol–water partition coefficient (Wildman–Crippen LogP) is 4.12. The average molecular weight is 391 g/mol. The summed E-state index contributed by atoms with van der Waals surface area (Å²) < 4.78 is 18.5. The van der Waals surface area contributed by atoms with Gasteiger partial charge in [-0.15, -0.1) is 0 Å². The molecule has 1 amide bonds. The molecule has 0 fully saturated rings. The van der Waals surface area contributed by atoms with E-state index in [9.17, 15) is 14.4 Å². The van der Waals surface area contributed by atoms with Crippen molar-refractivity contribution < 1.29 is 13.6 Å². The van der Waals surface area contributed by atoms with Crippen LogP contribution in [0.3, 0.4) is 0 Å². The summed E-state index contributed by atoms with van der Waals surface area (Å²) in [5, 5.41) is 12.1. The second-order valence-corrected chi connectivity index (χ2v) is 6.51. The van der Waals surface area contributed by atoms with Crippen LogP contribution in [-0.4, -0.2) is 20.9 Å². The molecule has 3 heterocycles. The third kappa shape index (κ3) is 3.49. The second-order valence-electron chi connectivity index (χ2n) is 5.51. The summed E-state index contributed by atoms with van der Waals surface area (Å²) in [7, 11) is 0. The summed E-state index contributed by atoms with van der Waals surface area (Å²) >= 11 is 1.03. The Kier molecular flexibility index (Phi) is 4.62. The van der Waals surface area contributed by atoms with Crippen LogP contribution in [0.1, 0.15) is 15.4 Å². The highest BCUT2D eigenvalue weighted by atomic mass is 32.1. The number of nitrogens with zero attached hydrogens (tertiary/aromatic N) is 4. The van der Waals surface area contributed by atoms with Gasteiger partial charge < -0.3 is 4.42 Å². The summed E-state index contributed by atoms with van der Waals surface area (Å²) in [6.45, 7) is 0. The number of aromatic nitrogens is 3. The van der Waals surface area contributed by atoms with Crippen LogP contribution < -0.4 is 5.32 Å². The smallest absolute Gasteiger partial charge is 0.294 e. The molecule has 1 N–H and O–H groups in total. The molecule has 0 unspecified atom stereocenters. The number of nitrogens with one attached hydrogen (secondary N) is 1. The Labute approximate surface area is 162 Å². The molecule has 4 aromatic rings. The summed E-state index contributed by atoms with van der Waals surface area (Å²) in [6.07, 6.45) is 2.87. The van der Waals surface area contributed by atoms with Crippen molar-refractivity contribution in [2.24, 2.45) is 0 Å². The van der Waals surface area contributed by atoms with Gasteiger partial charge >= 0.3 is 0 Å². The maximum Gasteiger partial charge on any atom is 0.294 e. The minimum atomic E-state index is -0.563. The fraction of sp³-hybridized carbons (Fsp3) is 0. The minimum Gasteiger partial charge on any atom is -0.431 e. The van der Waals surface area contributed by atoms with E-state index in [0.717, 1.165) is 11.3 Å². The highest BCUT2D eigenvalue weighted by Gasteiger charge is 2.19. The Morgan fingerprint density at radius 1 is 1.18 bits per heavy atom. The zero-order chi connectivity index (χ0) is 19.5. The third-order valence-electron chi connectivity index (χ3n) is 3.68. The maximum absolute atomic E-state index is 13.0. The molecule has 0 aliphatic heterocycles. The zero-order valence-corrected chi connectivity index (χ0v) is 14.9. The van der Waals surface area contributed by atoms with Crippen LogP contribution in [0.4, 0.5) is 9.52 Å². The normalized spacial score (nSPS) is 10.4. The molecular weight excluding hydrogens is 381 g/mol. The monoisotopic (exact) mass is 391 g/mol. The molecule has 1 aromatic carbocycles. The van der Waals surface area contributed by atoms with Crippen LogP contribution in [0.2, 0.25) is 0 Å². The number of amides is 1. The number of hydrogen-bond donors (Lipinski definition) is 1. The molecule has 3 aromatic heterocycles. The summed E-state index contributed by atoms with van der Waals surface area (Å²) in [5.41, 5.74) is 1.47. The van der Waals surface area contributed by atoms with E-state index in [4.69, 9.17) is 4.42 Å². The van der Waals surface area contributed by atoms with Crippen molar-refractivity contribution in [1.82, 2.24) is 15.0 Å². The number of carbonyl (C=O) groups excluding carboxylic acids is 1. The van der Waals surface area contributed by atoms with Crippen molar-refractivity contribution in [2.75, 3.05) is 5.32 Å². The van der Waals surface area contributed by atoms with Gasteiger partial charge in [0.1, 0.15) is 22.5 Å². The van der Waals surface area contributed by atoms with E-state index in [1.807, 2.05) is 0 Å². The van der Waals surface area contributed by atoms with Crippen LogP contribution >= 0.6 is 11.3 Å². The molecule has 0 aliphatic carbocycles. The van der Waals surface area contributed by atoms with Crippen molar-refractivity contribution in [3.63, 3.8) is 0 Å². The molecule has 7 nitrogen and oxygen atoms in total. The number of nitriles is 1. The van der Waals surface area contributed by atoms with Gasteiger partial charge in [0.05, 0.1) is 11.9 Å². The van der Waals surface area contributed by atoms with Crippen LogP contribution in [0.25, 0.3) is 22.8 Å². The van der Waals surface area contributed by atoms with Gasteiger partial charge in [-0.05, 0) is 36.4 Å². The lowest BCUT2D eigenvalue weighted by molar-refractivity contribution is 0.0997. The van der Waals surface area contributed by atoms with Gasteiger partial charge in [-0.3, -0.25) is 15.1 Å². The summed E-state index contributed by atoms with van der Waals surface area (Å²) in [5.74, 6) is -0.788. The van der Waals surface area contributed by atoms with Crippen molar-refractivity contribution in [2.45, 2.75) is 0 Å². The van der Waals surface area contributed by atoms with Crippen LogP contribution in [0.15, 0.2) is 59.3 Å². The molecule has 0 aliphatic rings. The number of rotatable bonds is 4. The molecule has 0 spiro atoms. The number of hydrogen-bond acceptors (Lipinski definition) is 7. The number of benzene rings is 1. The standard InChI is InChI=1S/C19H10FN5O2S/c20-12-6-4-11(5-7-12)18-23-10-14(27-18)17(26)25-19-24-16(15(9-21)28-19)13-3-1-2-8-22-13/h1-8,10H,(H,24,25,26). The van der Waals surface area contributed by atoms with Gasteiger partial charge in [0.2, 0.25) is 11.7 Å². The van der Waals surface area contributed by atoms with E-state index in [0.29, 0.717) is 21.8 Å². The molecule has 0 saturated heterocycles. The Balaban J connectivity index is 1.55. The number of pyridine rings is 1. The van der Waals surface area contributed by atoms with Crippen molar-refractivity contribution in [3.05, 3.63) is 71.3 Å². The Morgan fingerprint density at radius 3 is 2.71 bits per heavy atom. The number of oxazole rings is 1. The van der Waals surface area contributed by atoms with E-state index >= 15 is 0 Å². The quantitative estimate of drug-likeness (QED) is 0.561. The van der Waals surface area contributed by atoms with Gasteiger partial charge in [0.25, 0.3) is 5.91 Å². The Hall–Kier alpha value is -3.90. The number of anilines is 1. The molecular formula is C19H10FN5O2S. The van der Waals surface area contributed by atoms with Crippen LogP contribution in [0, 0.1) is 17.1 Å². The molecule has 0 bridgehead atoms. The number of thiazole rings is 1. The largest absolute Gasteiger partial charge is 0.431 e. The van der Waals surface area contributed by atoms with Gasteiger partial charge in [0.15, 0.2) is 5.13 Å². The minimum absolute atomic E-state index is 0.0348. The van der Waals surface area contributed by atoms with Crippen LogP contribution in [0.5, 0.6) is 0 Å². The van der Waals surface area contributed by atoms with E-state index in [1.54, 1.807) is 24.4 Å². The molecule has 0 atom stereocenters. The molecule has 9 heteroatoms. The highest BCUT2D eigenvalue weighted by Crippen LogP contribution is 2.29. The first kappa shape index (κ1) is 17.5. The SMILES string of the molecule is N#Cc1sc(NC(=O)c2cnc(-c3ccc(F)cc3)o2)nc1-c1ccccn1. The van der Waals surface area contributed by atoms with Crippen molar-refractivity contribution >= 4 is 22.4 Å². The molecule has 4 rings (SSSR count). The predicted molar refractivity (Wildman–Crippen MR) is 99.9 cm³/mol. The lowest BCUT2D eigenvalue weighted by atomic mass is 10.2. The van der Waals surface area contributed by atoms with Gasteiger partial charge in [-0.1, -0.05) is 17.4 Å². The highest BCUT2D eigenvalue weighted by molar-refractivity contribution is 7.16. The summed E-state index contributed by atoms with van der Waals surface area (Å²) in [4.78, 5) is 25.3. The lowest BCUT2D eigenvalue weighted by Gasteiger charge is -1.98. The van der Waals surface area contributed by atoms with E-state index in [-0.39, 0.29) is 22.6 Å². The number of halogens is 1.